The maximum atomic E-state index is 11.6. The quantitative estimate of drug-likeness (QED) is 0.558. The molecule has 15 heavy (non-hydrogen) atoms. The molecular weight excluding hydrogens is 196 g/mol. The van der Waals surface area contributed by atoms with Gasteiger partial charge in [-0.2, -0.15) is 5.10 Å². The van der Waals surface area contributed by atoms with Crippen LogP contribution in [0.15, 0.2) is 6.20 Å². The molecule has 2 unspecified atom stereocenters. The zero-order chi connectivity index (χ0) is 11.4. The number of anilines is 1. The Kier molecular flexibility index (Phi) is 3.68. The SMILES string of the molecule is CC(O)CC(C)NC(=O)c1[nH]ncc1N. The van der Waals surface area contributed by atoms with Gasteiger partial charge in [0.1, 0.15) is 5.69 Å². The van der Waals surface area contributed by atoms with Gasteiger partial charge in [0, 0.05) is 6.04 Å². The Morgan fingerprint density at radius 3 is 2.87 bits per heavy atom. The Labute approximate surface area is 87.9 Å². The Morgan fingerprint density at radius 1 is 1.73 bits per heavy atom. The van der Waals surface area contributed by atoms with E-state index in [4.69, 9.17) is 10.8 Å². The predicted molar refractivity (Wildman–Crippen MR) is 56.2 cm³/mol. The molecule has 2 atom stereocenters. The fourth-order valence-electron chi connectivity index (χ4n) is 1.34. The van der Waals surface area contributed by atoms with Crippen molar-refractivity contribution < 1.29 is 9.90 Å². The third-order valence-electron chi connectivity index (χ3n) is 1.97. The van der Waals surface area contributed by atoms with Gasteiger partial charge in [-0.3, -0.25) is 9.89 Å². The number of nitrogens with one attached hydrogen (secondary N) is 2. The first kappa shape index (κ1) is 11.5. The van der Waals surface area contributed by atoms with Gasteiger partial charge in [0.15, 0.2) is 0 Å². The van der Waals surface area contributed by atoms with Crippen LogP contribution in [0.25, 0.3) is 0 Å². The van der Waals surface area contributed by atoms with Crippen LogP contribution in [0.5, 0.6) is 0 Å². The van der Waals surface area contributed by atoms with Crippen LogP contribution >= 0.6 is 0 Å². The molecule has 0 aromatic carbocycles. The summed E-state index contributed by atoms with van der Waals surface area (Å²) >= 11 is 0. The highest BCUT2D eigenvalue weighted by molar-refractivity contribution is 5.97. The van der Waals surface area contributed by atoms with Crippen molar-refractivity contribution in [1.82, 2.24) is 15.5 Å². The number of aromatic amines is 1. The molecule has 0 radical (unpaired) electrons. The molecule has 1 aromatic rings. The van der Waals surface area contributed by atoms with E-state index < -0.39 is 6.10 Å². The van der Waals surface area contributed by atoms with E-state index in [9.17, 15) is 4.79 Å². The van der Waals surface area contributed by atoms with Gasteiger partial charge in [0.2, 0.25) is 0 Å². The second kappa shape index (κ2) is 4.79. The van der Waals surface area contributed by atoms with E-state index in [-0.39, 0.29) is 17.6 Å². The fourth-order valence-corrected chi connectivity index (χ4v) is 1.34. The third-order valence-corrected chi connectivity index (χ3v) is 1.97. The monoisotopic (exact) mass is 212 g/mol. The Bertz CT molecular complexity index is 335. The zero-order valence-electron chi connectivity index (χ0n) is 8.82. The Morgan fingerprint density at radius 2 is 2.40 bits per heavy atom. The number of hydrogen-bond donors (Lipinski definition) is 4. The summed E-state index contributed by atoms with van der Waals surface area (Å²) in [6.45, 7) is 3.49. The number of aliphatic hydroxyl groups excluding tert-OH is 1. The molecule has 0 spiro atoms. The molecule has 84 valence electrons. The topological polar surface area (TPSA) is 104 Å². The van der Waals surface area contributed by atoms with E-state index in [1.807, 2.05) is 6.92 Å². The molecule has 0 saturated heterocycles. The number of amides is 1. The molecule has 0 aliphatic carbocycles. The minimum atomic E-state index is -0.445. The summed E-state index contributed by atoms with van der Waals surface area (Å²) in [6.07, 6.45) is 1.44. The van der Waals surface area contributed by atoms with Gasteiger partial charge in [0.25, 0.3) is 5.91 Å². The molecule has 6 heteroatoms. The minimum absolute atomic E-state index is 0.111. The number of rotatable bonds is 4. The second-order valence-electron chi connectivity index (χ2n) is 3.66. The average molecular weight is 212 g/mol. The van der Waals surface area contributed by atoms with Crippen molar-refractivity contribution in [2.24, 2.45) is 0 Å². The standard InChI is InChI=1S/C9H16N4O2/c1-5(3-6(2)14)12-9(15)8-7(10)4-11-13-8/h4-6,14H,3,10H2,1-2H3,(H,11,13)(H,12,15). The van der Waals surface area contributed by atoms with Crippen molar-refractivity contribution in [2.45, 2.75) is 32.4 Å². The van der Waals surface area contributed by atoms with Gasteiger partial charge >= 0.3 is 0 Å². The normalized spacial score (nSPS) is 14.6. The molecule has 1 amide bonds. The maximum absolute atomic E-state index is 11.6. The number of carbonyl (C=O) groups is 1. The summed E-state index contributed by atoms with van der Waals surface area (Å²) in [7, 11) is 0. The van der Waals surface area contributed by atoms with Crippen molar-refractivity contribution in [3.8, 4) is 0 Å². The Hall–Kier alpha value is -1.56. The van der Waals surface area contributed by atoms with Crippen LogP contribution < -0.4 is 11.1 Å². The van der Waals surface area contributed by atoms with Crippen LogP contribution in [0.2, 0.25) is 0 Å². The molecule has 6 nitrogen and oxygen atoms in total. The van der Waals surface area contributed by atoms with Crippen molar-refractivity contribution in [3.63, 3.8) is 0 Å². The smallest absolute Gasteiger partial charge is 0.271 e. The highest BCUT2D eigenvalue weighted by Gasteiger charge is 2.15. The van der Waals surface area contributed by atoms with E-state index in [0.29, 0.717) is 12.1 Å². The lowest BCUT2D eigenvalue weighted by Crippen LogP contribution is -2.35. The molecule has 1 rings (SSSR count). The average Bonchev–Trinajstić information content (AvgIpc) is 2.49. The van der Waals surface area contributed by atoms with Gasteiger partial charge in [-0.15, -0.1) is 0 Å². The van der Waals surface area contributed by atoms with Crippen LogP contribution in [-0.4, -0.2) is 33.4 Å². The molecule has 0 bridgehead atoms. The zero-order valence-corrected chi connectivity index (χ0v) is 8.82. The van der Waals surface area contributed by atoms with Crippen LogP contribution in [0.1, 0.15) is 30.8 Å². The highest BCUT2D eigenvalue weighted by atomic mass is 16.3. The van der Waals surface area contributed by atoms with Gasteiger partial charge in [-0.1, -0.05) is 0 Å². The maximum Gasteiger partial charge on any atom is 0.271 e. The van der Waals surface area contributed by atoms with Crippen LogP contribution in [-0.2, 0) is 0 Å². The third kappa shape index (κ3) is 3.25. The molecular formula is C9H16N4O2. The van der Waals surface area contributed by atoms with Gasteiger partial charge in [0.05, 0.1) is 18.0 Å². The molecule has 0 aliphatic rings. The largest absolute Gasteiger partial charge is 0.396 e. The first-order valence-electron chi connectivity index (χ1n) is 4.78. The highest BCUT2D eigenvalue weighted by Crippen LogP contribution is 2.06. The summed E-state index contributed by atoms with van der Waals surface area (Å²) in [5, 5.41) is 18.0. The van der Waals surface area contributed by atoms with E-state index >= 15 is 0 Å². The number of aliphatic hydroxyl groups is 1. The number of H-pyrrole nitrogens is 1. The van der Waals surface area contributed by atoms with Gasteiger partial charge in [-0.25, -0.2) is 0 Å². The van der Waals surface area contributed by atoms with Crippen LogP contribution in [0.4, 0.5) is 5.69 Å². The molecule has 1 aromatic heterocycles. The summed E-state index contributed by atoms with van der Waals surface area (Å²) < 4.78 is 0. The van der Waals surface area contributed by atoms with Crippen molar-refractivity contribution in [2.75, 3.05) is 5.73 Å². The predicted octanol–water partition coefficient (Wildman–Crippen LogP) is -0.119. The molecule has 0 saturated carbocycles. The Balaban J connectivity index is 2.53. The van der Waals surface area contributed by atoms with Crippen LogP contribution in [0, 0.1) is 0 Å². The van der Waals surface area contributed by atoms with Crippen molar-refractivity contribution in [3.05, 3.63) is 11.9 Å². The second-order valence-corrected chi connectivity index (χ2v) is 3.66. The lowest BCUT2D eigenvalue weighted by Gasteiger charge is -2.14. The van der Waals surface area contributed by atoms with E-state index in [1.54, 1.807) is 6.92 Å². The number of aromatic nitrogens is 2. The number of nitrogens with two attached hydrogens (primary N) is 1. The van der Waals surface area contributed by atoms with E-state index in [2.05, 4.69) is 15.5 Å². The van der Waals surface area contributed by atoms with Gasteiger partial charge in [-0.05, 0) is 20.3 Å². The minimum Gasteiger partial charge on any atom is -0.396 e. The number of nitrogens with zero attached hydrogens (tertiary/aromatic N) is 1. The number of nitrogen functional groups attached to an aromatic ring is 1. The lowest BCUT2D eigenvalue weighted by atomic mass is 10.1. The molecule has 0 fully saturated rings. The summed E-state index contributed by atoms with van der Waals surface area (Å²) in [5.74, 6) is -0.307. The lowest BCUT2D eigenvalue weighted by molar-refractivity contribution is 0.0919. The molecule has 1 heterocycles. The summed E-state index contributed by atoms with van der Waals surface area (Å²) in [5.41, 5.74) is 6.09. The first-order chi connectivity index (χ1) is 7.00. The summed E-state index contributed by atoms with van der Waals surface area (Å²) in [4.78, 5) is 11.6. The van der Waals surface area contributed by atoms with Crippen LogP contribution in [0.3, 0.4) is 0 Å². The summed E-state index contributed by atoms with van der Waals surface area (Å²) in [6, 6.07) is -0.111. The van der Waals surface area contributed by atoms with E-state index in [0.717, 1.165) is 0 Å². The molecule has 0 aliphatic heterocycles. The number of hydrogen-bond acceptors (Lipinski definition) is 4. The van der Waals surface area contributed by atoms with Crippen molar-refractivity contribution >= 4 is 11.6 Å². The number of carbonyl (C=O) groups excluding carboxylic acids is 1. The first-order valence-corrected chi connectivity index (χ1v) is 4.78. The van der Waals surface area contributed by atoms with Gasteiger partial charge < -0.3 is 16.2 Å². The van der Waals surface area contributed by atoms with Crippen molar-refractivity contribution in [1.29, 1.82) is 0 Å². The molecule has 5 N–H and O–H groups in total. The fraction of sp³-hybridized carbons (Fsp3) is 0.556. The van der Waals surface area contributed by atoms with E-state index in [1.165, 1.54) is 6.20 Å².